The number of hydrogen-bond donors (Lipinski definition) is 4. The zero-order chi connectivity index (χ0) is 23.8. The Hall–Kier alpha value is -4.04. The molecule has 0 bridgehead atoms. The van der Waals surface area contributed by atoms with Crippen LogP contribution < -0.4 is 21.1 Å². The molecule has 0 amide bonds. The molecular weight excluding hydrogens is 414 g/mol. The molecule has 0 spiro atoms. The van der Waals surface area contributed by atoms with Crippen LogP contribution in [-0.4, -0.2) is 18.3 Å². The van der Waals surface area contributed by atoms with Crippen molar-refractivity contribution in [2.45, 2.75) is 26.8 Å². The largest absolute Gasteiger partial charge is 0.456 e. The second-order valence-corrected chi connectivity index (χ2v) is 7.77. The van der Waals surface area contributed by atoms with Crippen molar-refractivity contribution in [2.75, 3.05) is 24.2 Å². The van der Waals surface area contributed by atoms with Crippen LogP contribution in [0.5, 0.6) is 11.5 Å². The number of rotatable bonds is 9. The van der Waals surface area contributed by atoms with Crippen LogP contribution in [0.3, 0.4) is 0 Å². The molecule has 7 nitrogen and oxygen atoms in total. The highest BCUT2D eigenvalue weighted by molar-refractivity contribution is 5.76. The van der Waals surface area contributed by atoms with E-state index < -0.39 is 0 Å². The lowest BCUT2D eigenvalue weighted by Crippen LogP contribution is -2.16. The summed E-state index contributed by atoms with van der Waals surface area (Å²) in [5, 5.41) is 33.9. The molecule has 0 aliphatic rings. The van der Waals surface area contributed by atoms with Crippen molar-refractivity contribution in [3.05, 3.63) is 76.3 Å². The number of nitrogens with zero attached hydrogens (tertiary/aromatic N) is 2. The van der Waals surface area contributed by atoms with Crippen molar-refractivity contribution in [3.8, 4) is 23.6 Å². The van der Waals surface area contributed by atoms with Gasteiger partial charge in [-0.1, -0.05) is 0 Å². The van der Waals surface area contributed by atoms with Gasteiger partial charge >= 0.3 is 0 Å². The van der Waals surface area contributed by atoms with Crippen LogP contribution in [0.2, 0.25) is 0 Å². The molecule has 7 heteroatoms. The van der Waals surface area contributed by atoms with Gasteiger partial charge in [0.1, 0.15) is 11.5 Å². The van der Waals surface area contributed by atoms with Crippen LogP contribution in [0.15, 0.2) is 48.5 Å². The van der Waals surface area contributed by atoms with E-state index >= 15 is 0 Å². The summed E-state index contributed by atoms with van der Waals surface area (Å²) in [5.41, 5.74) is 12.1. The molecule has 0 unspecified atom stereocenters. The van der Waals surface area contributed by atoms with Crippen molar-refractivity contribution in [3.63, 3.8) is 0 Å². The first-order valence-corrected chi connectivity index (χ1v) is 10.7. The molecule has 0 saturated heterocycles. The van der Waals surface area contributed by atoms with Gasteiger partial charge < -0.3 is 26.2 Å². The maximum absolute atomic E-state index is 9.24. The lowest BCUT2D eigenvalue weighted by Gasteiger charge is -2.19. The predicted octanol–water partition coefficient (Wildman–Crippen LogP) is 4.64. The normalized spacial score (nSPS) is 10.3. The van der Waals surface area contributed by atoms with E-state index in [-0.39, 0.29) is 6.61 Å². The highest BCUT2D eigenvalue weighted by Crippen LogP contribution is 2.37. The van der Waals surface area contributed by atoms with E-state index in [1.165, 1.54) is 0 Å². The fourth-order valence-electron chi connectivity index (χ4n) is 3.48. The summed E-state index contributed by atoms with van der Waals surface area (Å²) in [7, 11) is 0. The van der Waals surface area contributed by atoms with E-state index in [4.69, 9.17) is 20.8 Å². The molecule has 5 N–H and O–H groups in total. The monoisotopic (exact) mass is 441 g/mol. The van der Waals surface area contributed by atoms with Gasteiger partial charge in [0, 0.05) is 30.5 Å². The van der Waals surface area contributed by atoms with Crippen molar-refractivity contribution >= 4 is 17.1 Å². The lowest BCUT2D eigenvalue weighted by molar-refractivity contribution is 0.286. The molecule has 168 valence electrons. The minimum Gasteiger partial charge on any atom is -0.456 e. The Kier molecular flexibility index (Phi) is 7.88. The van der Waals surface area contributed by atoms with E-state index in [9.17, 15) is 5.26 Å². The Labute approximate surface area is 194 Å². The predicted molar refractivity (Wildman–Crippen MR) is 129 cm³/mol. The molecular formula is C26H27N5O2. The van der Waals surface area contributed by atoms with E-state index in [1.807, 2.05) is 38.1 Å². The Bertz CT molecular complexity index is 1180. The Morgan fingerprint density at radius 2 is 1.64 bits per heavy atom. The standard InChI is InChI=1S/C26H27N5O2/c1-17-10-20(15-28)11-18(2)26(17)33-25-13-24(31-22-6-4-19(14-27)5-7-22)23(29)12-21(25)16-30-8-3-9-32/h4-7,10-13,30-32H,3,8-9,16,29H2,1-2H3. The van der Waals surface area contributed by atoms with Gasteiger partial charge in [-0.3, -0.25) is 0 Å². The van der Waals surface area contributed by atoms with Crippen molar-refractivity contribution in [1.29, 1.82) is 10.5 Å². The van der Waals surface area contributed by atoms with Gasteiger partial charge in [-0.2, -0.15) is 10.5 Å². The molecule has 0 atom stereocenters. The topological polar surface area (TPSA) is 127 Å². The van der Waals surface area contributed by atoms with Crippen LogP contribution in [0.1, 0.15) is 34.2 Å². The Balaban J connectivity index is 1.96. The number of ether oxygens (including phenoxy) is 1. The quantitative estimate of drug-likeness (QED) is 0.281. The van der Waals surface area contributed by atoms with Crippen molar-refractivity contribution in [1.82, 2.24) is 5.32 Å². The van der Waals surface area contributed by atoms with Gasteiger partial charge in [0.25, 0.3) is 0 Å². The van der Waals surface area contributed by atoms with Crippen LogP contribution >= 0.6 is 0 Å². The molecule has 0 aliphatic carbocycles. The fraction of sp³-hybridized carbons (Fsp3) is 0.231. The van der Waals surface area contributed by atoms with Crippen molar-refractivity contribution in [2.24, 2.45) is 0 Å². The van der Waals surface area contributed by atoms with E-state index in [0.717, 1.165) is 22.4 Å². The molecule has 0 radical (unpaired) electrons. The summed E-state index contributed by atoms with van der Waals surface area (Å²) in [6, 6.07) is 18.7. The first-order chi connectivity index (χ1) is 15.9. The number of nitriles is 2. The number of aliphatic hydroxyl groups is 1. The van der Waals surface area contributed by atoms with Gasteiger partial charge in [0.05, 0.1) is 34.6 Å². The van der Waals surface area contributed by atoms with Gasteiger partial charge in [0.15, 0.2) is 0 Å². The molecule has 0 aromatic heterocycles. The second-order valence-electron chi connectivity index (χ2n) is 7.77. The molecule has 3 aromatic carbocycles. The first kappa shape index (κ1) is 23.6. The number of nitrogens with one attached hydrogen (secondary N) is 2. The molecule has 0 aliphatic heterocycles. The summed E-state index contributed by atoms with van der Waals surface area (Å²) in [6.45, 7) is 5.13. The number of aliphatic hydroxyl groups excluding tert-OH is 1. The average molecular weight is 442 g/mol. The van der Waals surface area contributed by atoms with Crippen molar-refractivity contribution < 1.29 is 9.84 Å². The fourth-order valence-corrected chi connectivity index (χ4v) is 3.48. The smallest absolute Gasteiger partial charge is 0.134 e. The van der Waals surface area contributed by atoms with Crippen LogP contribution in [0.25, 0.3) is 0 Å². The SMILES string of the molecule is Cc1cc(C#N)cc(C)c1Oc1cc(Nc2ccc(C#N)cc2)c(N)cc1CNCCCO. The zero-order valence-electron chi connectivity index (χ0n) is 18.8. The number of nitrogens with two attached hydrogens (primary N) is 1. The third kappa shape index (κ3) is 6.02. The molecule has 0 heterocycles. The zero-order valence-corrected chi connectivity index (χ0v) is 18.8. The number of anilines is 3. The van der Waals surface area contributed by atoms with Crippen LogP contribution in [-0.2, 0) is 6.54 Å². The van der Waals surface area contributed by atoms with Gasteiger partial charge in [-0.05, 0) is 80.4 Å². The second kappa shape index (κ2) is 11.0. The molecule has 33 heavy (non-hydrogen) atoms. The minimum atomic E-state index is 0.121. The van der Waals surface area contributed by atoms with Crippen LogP contribution in [0.4, 0.5) is 17.1 Å². The average Bonchev–Trinajstić information content (AvgIpc) is 2.81. The third-order valence-electron chi connectivity index (χ3n) is 5.15. The summed E-state index contributed by atoms with van der Waals surface area (Å²) >= 11 is 0. The number of nitrogen functional groups attached to an aromatic ring is 1. The Morgan fingerprint density at radius 1 is 0.970 bits per heavy atom. The van der Waals surface area contributed by atoms with E-state index in [2.05, 4.69) is 22.8 Å². The van der Waals surface area contributed by atoms with Gasteiger partial charge in [0.2, 0.25) is 0 Å². The molecule has 3 aromatic rings. The third-order valence-corrected chi connectivity index (χ3v) is 5.15. The summed E-state index contributed by atoms with van der Waals surface area (Å²) in [5.74, 6) is 1.33. The molecule has 0 fully saturated rings. The summed E-state index contributed by atoms with van der Waals surface area (Å²) in [6.07, 6.45) is 0.651. The van der Waals surface area contributed by atoms with Gasteiger partial charge in [-0.15, -0.1) is 0 Å². The van der Waals surface area contributed by atoms with E-state index in [1.54, 1.807) is 24.3 Å². The minimum absolute atomic E-state index is 0.121. The van der Waals surface area contributed by atoms with E-state index in [0.29, 0.717) is 53.5 Å². The summed E-state index contributed by atoms with van der Waals surface area (Å²) in [4.78, 5) is 0. The van der Waals surface area contributed by atoms with Crippen LogP contribution in [0, 0.1) is 36.5 Å². The maximum atomic E-state index is 9.24. The first-order valence-electron chi connectivity index (χ1n) is 10.7. The number of hydrogen-bond acceptors (Lipinski definition) is 7. The highest BCUT2D eigenvalue weighted by Gasteiger charge is 2.14. The molecule has 3 rings (SSSR count). The maximum Gasteiger partial charge on any atom is 0.134 e. The number of aryl methyl sites for hydroxylation is 2. The lowest BCUT2D eigenvalue weighted by atomic mass is 10.1. The summed E-state index contributed by atoms with van der Waals surface area (Å²) < 4.78 is 6.36. The Morgan fingerprint density at radius 3 is 2.24 bits per heavy atom. The highest BCUT2D eigenvalue weighted by atomic mass is 16.5. The molecule has 0 saturated carbocycles. The van der Waals surface area contributed by atoms with Gasteiger partial charge in [-0.25, -0.2) is 0 Å². The number of benzene rings is 3.